The third-order valence-corrected chi connectivity index (χ3v) is 5.33. The fourth-order valence-electron chi connectivity index (χ4n) is 3.68. The van der Waals surface area contributed by atoms with Crippen molar-refractivity contribution in [3.05, 3.63) is 59.9 Å². The molecule has 0 saturated heterocycles. The second-order valence-electron chi connectivity index (χ2n) is 7.85. The van der Waals surface area contributed by atoms with Gasteiger partial charge < -0.3 is 29.2 Å². The van der Waals surface area contributed by atoms with Gasteiger partial charge in [0.05, 0.1) is 26.4 Å². The highest BCUT2D eigenvalue weighted by molar-refractivity contribution is 5.97. The highest BCUT2D eigenvalue weighted by Crippen LogP contribution is 2.32. The summed E-state index contributed by atoms with van der Waals surface area (Å²) in [6, 6.07) is 12.7. The van der Waals surface area contributed by atoms with E-state index in [9.17, 15) is 19.8 Å². The molecule has 2 heterocycles. The van der Waals surface area contributed by atoms with Crippen LogP contribution >= 0.6 is 0 Å². The fourth-order valence-corrected chi connectivity index (χ4v) is 3.68. The van der Waals surface area contributed by atoms with Gasteiger partial charge in [-0.15, -0.1) is 0 Å². The molecule has 4 rings (SSSR count). The molecular formula is C27H26N2O8. The Morgan fingerprint density at radius 1 is 0.730 bits per heavy atom. The quantitative estimate of drug-likeness (QED) is 0.235. The van der Waals surface area contributed by atoms with Gasteiger partial charge in [0.25, 0.3) is 0 Å². The Bertz CT molecular complexity index is 1340. The molecule has 0 saturated carbocycles. The number of fused-ring (bicyclic) bond motifs is 2. The van der Waals surface area contributed by atoms with Gasteiger partial charge in [-0.1, -0.05) is 12.1 Å². The number of carbonyl (C=O) groups excluding carboxylic acids is 2. The van der Waals surface area contributed by atoms with Crippen molar-refractivity contribution in [2.75, 3.05) is 26.4 Å². The summed E-state index contributed by atoms with van der Waals surface area (Å²) in [5.74, 6) is -0.677. The van der Waals surface area contributed by atoms with E-state index in [1.165, 1.54) is 12.1 Å². The number of rotatable bonds is 10. The summed E-state index contributed by atoms with van der Waals surface area (Å²) in [6.07, 6.45) is 0.472. The topological polar surface area (TPSA) is 137 Å². The molecule has 0 bridgehead atoms. The van der Waals surface area contributed by atoms with E-state index < -0.39 is 11.9 Å². The summed E-state index contributed by atoms with van der Waals surface area (Å²) in [6.45, 7) is 4.25. The van der Waals surface area contributed by atoms with Crippen molar-refractivity contribution >= 4 is 33.7 Å². The van der Waals surface area contributed by atoms with Crippen LogP contribution < -0.4 is 9.47 Å². The predicted octanol–water partition coefficient (Wildman–Crippen LogP) is 4.40. The smallest absolute Gasteiger partial charge is 0.357 e. The number of esters is 2. The Balaban J connectivity index is 1.45. The zero-order valence-electron chi connectivity index (χ0n) is 20.4. The number of pyridine rings is 2. The zero-order chi connectivity index (χ0) is 26.4. The van der Waals surface area contributed by atoms with Crippen LogP contribution in [0.25, 0.3) is 21.8 Å². The van der Waals surface area contributed by atoms with Crippen molar-refractivity contribution in [1.82, 2.24) is 9.97 Å². The molecule has 0 fully saturated rings. The van der Waals surface area contributed by atoms with Gasteiger partial charge >= 0.3 is 11.9 Å². The third-order valence-electron chi connectivity index (χ3n) is 5.33. The molecule has 10 heteroatoms. The Morgan fingerprint density at radius 3 is 1.57 bits per heavy atom. The predicted molar refractivity (Wildman–Crippen MR) is 134 cm³/mol. The molecule has 0 aliphatic heterocycles. The van der Waals surface area contributed by atoms with Crippen molar-refractivity contribution in [2.24, 2.45) is 0 Å². The second-order valence-corrected chi connectivity index (χ2v) is 7.85. The lowest BCUT2D eigenvalue weighted by Crippen LogP contribution is -2.09. The summed E-state index contributed by atoms with van der Waals surface area (Å²) in [4.78, 5) is 32.8. The molecule has 0 amide bonds. The van der Waals surface area contributed by atoms with Crippen molar-refractivity contribution in [2.45, 2.75) is 20.3 Å². The lowest BCUT2D eigenvalue weighted by atomic mass is 10.1. The van der Waals surface area contributed by atoms with Gasteiger partial charge in [0, 0.05) is 29.3 Å². The van der Waals surface area contributed by atoms with E-state index in [1.54, 1.807) is 50.2 Å². The Hall–Kier alpha value is -4.60. The van der Waals surface area contributed by atoms with Crippen LogP contribution in [0.15, 0.2) is 48.5 Å². The molecule has 0 unspecified atom stereocenters. The second kappa shape index (κ2) is 11.4. The average Bonchev–Trinajstić information content (AvgIpc) is 2.89. The molecule has 10 nitrogen and oxygen atoms in total. The summed E-state index contributed by atoms with van der Waals surface area (Å²) >= 11 is 0. The minimum atomic E-state index is -0.635. The molecule has 0 aliphatic rings. The number of hydrogen-bond acceptors (Lipinski definition) is 10. The van der Waals surface area contributed by atoms with Crippen LogP contribution in [0.4, 0.5) is 0 Å². The number of ether oxygens (including phenoxy) is 4. The van der Waals surface area contributed by atoms with Crippen molar-refractivity contribution in [1.29, 1.82) is 0 Å². The van der Waals surface area contributed by atoms with Gasteiger partial charge in [-0.25, -0.2) is 19.6 Å². The SMILES string of the molecule is CCOC(=O)c1cc(O)c2cccc(OCCCOc3cccc4c(O)cc(C(=O)OCC)nc34)c2n1. The van der Waals surface area contributed by atoms with E-state index in [1.807, 2.05) is 0 Å². The van der Waals surface area contributed by atoms with Gasteiger partial charge in [-0.05, 0) is 38.1 Å². The molecule has 2 aromatic heterocycles. The molecular weight excluding hydrogens is 480 g/mol. The Labute approximate surface area is 212 Å². The maximum absolute atomic E-state index is 12.1. The van der Waals surface area contributed by atoms with E-state index in [2.05, 4.69) is 9.97 Å². The van der Waals surface area contributed by atoms with Crippen LogP contribution in [0.2, 0.25) is 0 Å². The van der Waals surface area contributed by atoms with E-state index in [-0.39, 0.29) is 49.3 Å². The van der Waals surface area contributed by atoms with Gasteiger partial charge in [0.15, 0.2) is 11.4 Å². The largest absolute Gasteiger partial charge is 0.507 e. The van der Waals surface area contributed by atoms with Gasteiger partial charge in [0.2, 0.25) is 0 Å². The molecule has 192 valence electrons. The molecule has 0 atom stereocenters. The minimum Gasteiger partial charge on any atom is -0.507 e. The molecule has 4 aromatic rings. The van der Waals surface area contributed by atoms with E-state index >= 15 is 0 Å². The Morgan fingerprint density at radius 2 is 1.16 bits per heavy atom. The van der Waals surface area contributed by atoms with Crippen LogP contribution in [0.1, 0.15) is 41.2 Å². The maximum Gasteiger partial charge on any atom is 0.357 e. The molecule has 37 heavy (non-hydrogen) atoms. The standard InChI is InChI=1S/C27H26N2O8/c1-3-34-26(32)18-14-20(30)16-8-5-10-22(24(16)28-18)36-12-7-13-37-23-11-6-9-17-21(31)15-19(29-25(17)23)27(33)35-4-2/h5-6,8-11,14-15H,3-4,7,12-13H2,1-2H3,(H,28,30)(H,29,31). The van der Waals surface area contributed by atoms with E-state index in [4.69, 9.17) is 18.9 Å². The summed E-state index contributed by atoms with van der Waals surface area (Å²) < 4.78 is 21.7. The molecule has 0 spiro atoms. The molecule has 2 aromatic carbocycles. The van der Waals surface area contributed by atoms with Crippen molar-refractivity contribution in [3.63, 3.8) is 0 Å². The molecule has 0 radical (unpaired) electrons. The first-order chi connectivity index (χ1) is 17.9. The lowest BCUT2D eigenvalue weighted by molar-refractivity contribution is 0.0510. The number of aromatic hydroxyl groups is 2. The number of carbonyl (C=O) groups is 2. The highest BCUT2D eigenvalue weighted by atomic mass is 16.5. The Kier molecular flexibility index (Phi) is 7.87. The van der Waals surface area contributed by atoms with E-state index in [0.717, 1.165) is 0 Å². The van der Waals surface area contributed by atoms with Crippen molar-refractivity contribution < 1.29 is 38.7 Å². The van der Waals surface area contributed by atoms with Gasteiger partial charge in [-0.2, -0.15) is 0 Å². The summed E-state index contributed by atoms with van der Waals surface area (Å²) in [5.41, 5.74) is 0.652. The average molecular weight is 507 g/mol. The third kappa shape index (κ3) is 5.64. The minimum absolute atomic E-state index is 0.0138. The van der Waals surface area contributed by atoms with Crippen LogP contribution in [-0.4, -0.2) is 58.5 Å². The lowest BCUT2D eigenvalue weighted by Gasteiger charge is -2.12. The first kappa shape index (κ1) is 25.5. The monoisotopic (exact) mass is 506 g/mol. The van der Waals surface area contributed by atoms with Gasteiger partial charge in [-0.3, -0.25) is 0 Å². The van der Waals surface area contributed by atoms with Crippen molar-refractivity contribution in [3.8, 4) is 23.0 Å². The first-order valence-electron chi connectivity index (χ1n) is 11.8. The fraction of sp³-hybridized carbons (Fsp3) is 0.259. The van der Waals surface area contributed by atoms with E-state index in [0.29, 0.717) is 39.7 Å². The normalized spacial score (nSPS) is 10.9. The zero-order valence-corrected chi connectivity index (χ0v) is 20.4. The number of nitrogens with zero attached hydrogens (tertiary/aromatic N) is 2. The molecule has 0 aliphatic carbocycles. The number of hydrogen-bond donors (Lipinski definition) is 2. The number of benzene rings is 2. The maximum atomic E-state index is 12.1. The first-order valence-corrected chi connectivity index (χ1v) is 11.8. The summed E-state index contributed by atoms with van der Waals surface area (Å²) in [5, 5.41) is 21.6. The van der Waals surface area contributed by atoms with Gasteiger partial charge in [0.1, 0.15) is 34.0 Å². The van der Waals surface area contributed by atoms with Crippen LogP contribution in [0, 0.1) is 0 Å². The summed E-state index contributed by atoms with van der Waals surface area (Å²) in [7, 11) is 0. The number of para-hydroxylation sites is 2. The van der Waals surface area contributed by atoms with Crippen LogP contribution in [-0.2, 0) is 9.47 Å². The van der Waals surface area contributed by atoms with Crippen LogP contribution in [0.3, 0.4) is 0 Å². The molecule has 2 N–H and O–H groups in total. The highest BCUT2D eigenvalue weighted by Gasteiger charge is 2.17. The van der Waals surface area contributed by atoms with Crippen LogP contribution in [0.5, 0.6) is 23.0 Å². The number of aromatic nitrogens is 2.